The van der Waals surface area contributed by atoms with Crippen LogP contribution >= 0.6 is 0 Å². The Kier molecular flexibility index (Phi) is 2.41. The van der Waals surface area contributed by atoms with Gasteiger partial charge < -0.3 is 10.1 Å². The van der Waals surface area contributed by atoms with Crippen molar-refractivity contribution in [2.75, 3.05) is 0 Å². The van der Waals surface area contributed by atoms with E-state index < -0.39 is 11.5 Å². The third-order valence-corrected chi connectivity index (χ3v) is 2.34. The van der Waals surface area contributed by atoms with Crippen molar-refractivity contribution in [2.45, 2.75) is 6.61 Å². The fourth-order valence-corrected chi connectivity index (χ4v) is 1.55. The van der Waals surface area contributed by atoms with Gasteiger partial charge in [-0.05, 0) is 6.07 Å². The van der Waals surface area contributed by atoms with E-state index in [4.69, 9.17) is 5.11 Å². The molecule has 16 heavy (non-hydrogen) atoms. The molecule has 0 atom stereocenters. The van der Waals surface area contributed by atoms with Crippen molar-refractivity contribution in [3.05, 3.63) is 50.3 Å². The molecule has 82 valence electrons. The van der Waals surface area contributed by atoms with Gasteiger partial charge in [-0.15, -0.1) is 0 Å². The minimum Gasteiger partial charge on any atom is -0.391 e. The van der Waals surface area contributed by atoms with Crippen LogP contribution in [0.4, 0.5) is 5.69 Å². The molecule has 0 bridgehead atoms. The highest BCUT2D eigenvalue weighted by atomic mass is 16.6. The zero-order valence-electron chi connectivity index (χ0n) is 8.14. The summed E-state index contributed by atoms with van der Waals surface area (Å²) in [6, 6.07) is 4.24. The Hall–Kier alpha value is -2.21. The van der Waals surface area contributed by atoms with Gasteiger partial charge in [-0.2, -0.15) is 0 Å². The maximum atomic E-state index is 11.7. The molecule has 0 amide bonds. The summed E-state index contributed by atoms with van der Waals surface area (Å²) in [5, 5.41) is 19.8. The van der Waals surface area contributed by atoms with Gasteiger partial charge in [0.2, 0.25) is 0 Å². The Labute approximate surface area is 89.3 Å². The number of aliphatic hydroxyl groups excluding tert-OH is 1. The minimum atomic E-state index is -0.559. The van der Waals surface area contributed by atoms with Crippen molar-refractivity contribution in [1.82, 2.24) is 4.98 Å². The van der Waals surface area contributed by atoms with E-state index in [9.17, 15) is 14.9 Å². The van der Waals surface area contributed by atoms with Crippen LogP contribution in [0.3, 0.4) is 0 Å². The van der Waals surface area contributed by atoms with Crippen molar-refractivity contribution in [1.29, 1.82) is 0 Å². The number of nitro benzene ring substituents is 1. The summed E-state index contributed by atoms with van der Waals surface area (Å²) in [6.45, 7) is -0.395. The third kappa shape index (κ3) is 1.45. The zero-order valence-corrected chi connectivity index (χ0v) is 8.14. The lowest BCUT2D eigenvalue weighted by molar-refractivity contribution is -0.383. The molecule has 0 saturated heterocycles. The maximum absolute atomic E-state index is 11.7. The lowest BCUT2D eigenvalue weighted by atomic mass is 10.1. The molecule has 2 rings (SSSR count). The van der Waals surface area contributed by atoms with Crippen LogP contribution in [0.15, 0.2) is 29.2 Å². The van der Waals surface area contributed by atoms with Gasteiger partial charge in [0.15, 0.2) is 5.43 Å². The molecular weight excluding hydrogens is 212 g/mol. The normalized spacial score (nSPS) is 10.6. The number of nitrogens with one attached hydrogen (secondary N) is 1. The van der Waals surface area contributed by atoms with E-state index in [0.717, 1.165) is 0 Å². The summed E-state index contributed by atoms with van der Waals surface area (Å²) < 4.78 is 0. The van der Waals surface area contributed by atoms with Crippen LogP contribution in [0.1, 0.15) is 5.56 Å². The van der Waals surface area contributed by atoms with Gasteiger partial charge in [0.1, 0.15) is 5.52 Å². The van der Waals surface area contributed by atoms with Gasteiger partial charge in [0.05, 0.1) is 16.9 Å². The topological polar surface area (TPSA) is 96.2 Å². The average molecular weight is 220 g/mol. The molecule has 0 radical (unpaired) electrons. The number of para-hydroxylation sites is 1. The van der Waals surface area contributed by atoms with Crippen LogP contribution in [0.25, 0.3) is 10.9 Å². The summed E-state index contributed by atoms with van der Waals surface area (Å²) in [5.74, 6) is 0. The number of hydrogen-bond donors (Lipinski definition) is 2. The summed E-state index contributed by atoms with van der Waals surface area (Å²) in [4.78, 5) is 24.5. The molecule has 0 spiro atoms. The van der Waals surface area contributed by atoms with Crippen molar-refractivity contribution in [2.24, 2.45) is 0 Å². The second-order valence-corrected chi connectivity index (χ2v) is 3.26. The molecule has 0 unspecified atom stereocenters. The van der Waals surface area contributed by atoms with Crippen molar-refractivity contribution < 1.29 is 10.0 Å². The van der Waals surface area contributed by atoms with E-state index in [0.29, 0.717) is 0 Å². The van der Waals surface area contributed by atoms with E-state index in [2.05, 4.69) is 4.98 Å². The Balaban J connectivity index is 2.88. The number of hydrogen-bond acceptors (Lipinski definition) is 4. The first kappa shape index (κ1) is 10.3. The molecule has 1 heterocycles. The van der Waals surface area contributed by atoms with E-state index in [1.165, 1.54) is 24.4 Å². The number of fused-ring (bicyclic) bond motifs is 1. The molecule has 6 heteroatoms. The molecule has 0 fully saturated rings. The van der Waals surface area contributed by atoms with Gasteiger partial charge in [0.25, 0.3) is 5.69 Å². The van der Waals surface area contributed by atoms with Crippen LogP contribution in [0, 0.1) is 10.1 Å². The summed E-state index contributed by atoms with van der Waals surface area (Å²) in [7, 11) is 0. The second kappa shape index (κ2) is 3.74. The molecular formula is C10H8N2O4. The minimum absolute atomic E-state index is 0.154. The highest BCUT2D eigenvalue weighted by Crippen LogP contribution is 2.20. The number of pyridine rings is 1. The Bertz CT molecular complexity index is 618. The predicted octanol–water partition coefficient (Wildman–Crippen LogP) is 0.929. The summed E-state index contributed by atoms with van der Waals surface area (Å²) in [6.07, 6.45) is 1.29. The van der Waals surface area contributed by atoms with E-state index in [1.807, 2.05) is 0 Å². The van der Waals surface area contributed by atoms with Crippen LogP contribution in [-0.2, 0) is 6.61 Å². The number of benzene rings is 1. The highest BCUT2D eigenvalue weighted by molar-refractivity contribution is 5.87. The number of aliphatic hydroxyl groups is 1. The number of H-pyrrole nitrogens is 1. The first-order valence-corrected chi connectivity index (χ1v) is 4.53. The standard InChI is InChI=1S/C10H8N2O4/c13-5-6-4-11-9-7(10(6)14)2-1-3-8(9)12(15)16/h1-4,13H,5H2,(H,11,14). The third-order valence-electron chi connectivity index (χ3n) is 2.34. The molecule has 0 saturated carbocycles. The number of aromatic amines is 1. The smallest absolute Gasteiger partial charge is 0.293 e. The monoisotopic (exact) mass is 220 g/mol. The van der Waals surface area contributed by atoms with Crippen LogP contribution < -0.4 is 5.43 Å². The Morgan fingerprint density at radius 1 is 1.44 bits per heavy atom. The molecule has 2 N–H and O–H groups in total. The van der Waals surface area contributed by atoms with Crippen LogP contribution in [0.2, 0.25) is 0 Å². The van der Waals surface area contributed by atoms with E-state index in [1.54, 1.807) is 0 Å². The predicted molar refractivity (Wildman–Crippen MR) is 57.1 cm³/mol. The molecule has 0 aliphatic heterocycles. The maximum Gasteiger partial charge on any atom is 0.293 e. The number of rotatable bonds is 2. The SMILES string of the molecule is O=c1c(CO)c[nH]c2c([N+](=O)[O-])cccc12. The quantitative estimate of drug-likeness (QED) is 0.581. The molecule has 0 aliphatic carbocycles. The van der Waals surface area contributed by atoms with E-state index in [-0.39, 0.29) is 27.6 Å². The number of non-ortho nitro benzene ring substituents is 1. The molecule has 0 aliphatic rings. The van der Waals surface area contributed by atoms with Crippen LogP contribution in [0.5, 0.6) is 0 Å². The zero-order chi connectivity index (χ0) is 11.7. The van der Waals surface area contributed by atoms with Crippen molar-refractivity contribution in [3.63, 3.8) is 0 Å². The first-order chi connectivity index (χ1) is 7.65. The summed E-state index contributed by atoms with van der Waals surface area (Å²) in [5.41, 5.74) is -0.179. The van der Waals surface area contributed by atoms with Gasteiger partial charge in [-0.25, -0.2) is 0 Å². The Morgan fingerprint density at radius 3 is 2.81 bits per heavy atom. The highest BCUT2D eigenvalue weighted by Gasteiger charge is 2.14. The largest absolute Gasteiger partial charge is 0.391 e. The fraction of sp³-hybridized carbons (Fsp3) is 0.100. The molecule has 1 aromatic heterocycles. The molecule has 1 aromatic carbocycles. The van der Waals surface area contributed by atoms with Gasteiger partial charge in [-0.1, -0.05) is 6.07 Å². The lowest BCUT2D eigenvalue weighted by Gasteiger charge is -2.01. The fourth-order valence-electron chi connectivity index (χ4n) is 1.55. The van der Waals surface area contributed by atoms with Gasteiger partial charge in [-0.3, -0.25) is 14.9 Å². The van der Waals surface area contributed by atoms with Gasteiger partial charge in [0, 0.05) is 17.8 Å². The summed E-state index contributed by atoms with van der Waals surface area (Å²) >= 11 is 0. The van der Waals surface area contributed by atoms with Crippen LogP contribution in [-0.4, -0.2) is 15.0 Å². The molecule has 2 aromatic rings. The Morgan fingerprint density at radius 2 is 2.19 bits per heavy atom. The van der Waals surface area contributed by atoms with Gasteiger partial charge >= 0.3 is 0 Å². The van der Waals surface area contributed by atoms with Crippen molar-refractivity contribution >= 4 is 16.6 Å². The van der Waals surface area contributed by atoms with Crippen molar-refractivity contribution in [3.8, 4) is 0 Å². The first-order valence-electron chi connectivity index (χ1n) is 4.53. The molecule has 6 nitrogen and oxygen atoms in total. The second-order valence-electron chi connectivity index (χ2n) is 3.26. The number of nitro groups is 1. The number of nitrogens with zero attached hydrogens (tertiary/aromatic N) is 1. The van der Waals surface area contributed by atoms with E-state index >= 15 is 0 Å². The lowest BCUT2D eigenvalue weighted by Crippen LogP contribution is -2.10. The average Bonchev–Trinajstić information content (AvgIpc) is 2.29. The number of aromatic nitrogens is 1.